The summed E-state index contributed by atoms with van der Waals surface area (Å²) in [4.78, 5) is 8.63. The first kappa shape index (κ1) is 8.63. The van der Waals surface area contributed by atoms with Crippen molar-refractivity contribution in [2.75, 3.05) is 6.54 Å². The summed E-state index contributed by atoms with van der Waals surface area (Å²) < 4.78 is 0. The standard InChI is InChI=1S/C10H15N3/c11-8-10(4-1-2-5-10)9-12-6-3-7-13-9/h3,6-7H,1-2,4-5,8,11H2. The van der Waals surface area contributed by atoms with Crippen molar-refractivity contribution in [3.05, 3.63) is 24.3 Å². The topological polar surface area (TPSA) is 51.8 Å². The predicted octanol–water partition coefficient (Wildman–Crippen LogP) is 1.25. The summed E-state index contributed by atoms with van der Waals surface area (Å²) in [5, 5.41) is 0. The first-order chi connectivity index (χ1) is 6.37. The van der Waals surface area contributed by atoms with Crippen molar-refractivity contribution >= 4 is 0 Å². The van der Waals surface area contributed by atoms with E-state index < -0.39 is 0 Å². The molecule has 1 heterocycles. The van der Waals surface area contributed by atoms with Gasteiger partial charge in [-0.2, -0.15) is 0 Å². The maximum atomic E-state index is 5.82. The maximum absolute atomic E-state index is 5.82. The second-order valence-corrected chi connectivity index (χ2v) is 3.76. The van der Waals surface area contributed by atoms with E-state index in [-0.39, 0.29) is 5.41 Å². The van der Waals surface area contributed by atoms with Crippen LogP contribution in [-0.2, 0) is 5.41 Å². The Morgan fingerprint density at radius 2 is 1.85 bits per heavy atom. The molecule has 2 N–H and O–H groups in total. The van der Waals surface area contributed by atoms with Gasteiger partial charge in [0.15, 0.2) is 0 Å². The van der Waals surface area contributed by atoms with E-state index in [2.05, 4.69) is 9.97 Å². The SMILES string of the molecule is NCC1(c2ncccn2)CCCC1. The van der Waals surface area contributed by atoms with Gasteiger partial charge in [0, 0.05) is 24.4 Å². The largest absolute Gasteiger partial charge is 0.329 e. The van der Waals surface area contributed by atoms with Gasteiger partial charge in [-0.15, -0.1) is 0 Å². The van der Waals surface area contributed by atoms with Gasteiger partial charge in [0.05, 0.1) is 0 Å². The van der Waals surface area contributed by atoms with Crippen LogP contribution in [0, 0.1) is 0 Å². The number of rotatable bonds is 2. The van der Waals surface area contributed by atoms with Crippen LogP contribution in [0.4, 0.5) is 0 Å². The molecular weight excluding hydrogens is 162 g/mol. The number of nitrogens with zero attached hydrogens (tertiary/aromatic N) is 2. The fraction of sp³-hybridized carbons (Fsp3) is 0.600. The molecule has 0 radical (unpaired) electrons. The predicted molar refractivity (Wildman–Crippen MR) is 51.2 cm³/mol. The molecule has 1 aromatic heterocycles. The van der Waals surface area contributed by atoms with E-state index in [0.29, 0.717) is 6.54 Å². The quantitative estimate of drug-likeness (QED) is 0.739. The molecule has 3 heteroatoms. The van der Waals surface area contributed by atoms with Gasteiger partial charge in [-0.05, 0) is 18.9 Å². The third-order valence-electron chi connectivity index (χ3n) is 2.99. The molecule has 0 unspecified atom stereocenters. The molecule has 1 fully saturated rings. The van der Waals surface area contributed by atoms with Gasteiger partial charge < -0.3 is 5.73 Å². The highest BCUT2D eigenvalue weighted by molar-refractivity contribution is 5.11. The highest BCUT2D eigenvalue weighted by Crippen LogP contribution is 2.37. The van der Waals surface area contributed by atoms with Crippen molar-refractivity contribution in [1.29, 1.82) is 0 Å². The fourth-order valence-electron chi connectivity index (χ4n) is 2.14. The van der Waals surface area contributed by atoms with E-state index in [1.165, 1.54) is 12.8 Å². The molecule has 1 aliphatic carbocycles. The Morgan fingerprint density at radius 1 is 1.23 bits per heavy atom. The van der Waals surface area contributed by atoms with Crippen LogP contribution in [0.1, 0.15) is 31.5 Å². The third-order valence-corrected chi connectivity index (χ3v) is 2.99. The second-order valence-electron chi connectivity index (χ2n) is 3.76. The zero-order valence-corrected chi connectivity index (χ0v) is 7.74. The van der Waals surface area contributed by atoms with Crippen LogP contribution in [0.15, 0.2) is 18.5 Å². The Hall–Kier alpha value is -0.960. The van der Waals surface area contributed by atoms with Crippen LogP contribution < -0.4 is 5.73 Å². The summed E-state index contributed by atoms with van der Waals surface area (Å²) >= 11 is 0. The minimum absolute atomic E-state index is 0.0846. The van der Waals surface area contributed by atoms with Gasteiger partial charge in [0.1, 0.15) is 5.82 Å². The van der Waals surface area contributed by atoms with Gasteiger partial charge in [-0.3, -0.25) is 0 Å². The lowest BCUT2D eigenvalue weighted by molar-refractivity contribution is 0.424. The number of nitrogens with two attached hydrogens (primary N) is 1. The first-order valence-corrected chi connectivity index (χ1v) is 4.85. The van der Waals surface area contributed by atoms with Crippen LogP contribution in [0.5, 0.6) is 0 Å². The van der Waals surface area contributed by atoms with Crippen molar-refractivity contribution in [2.45, 2.75) is 31.1 Å². The van der Waals surface area contributed by atoms with Gasteiger partial charge in [-0.1, -0.05) is 12.8 Å². The summed E-state index contributed by atoms with van der Waals surface area (Å²) in [5.74, 6) is 0.940. The van der Waals surface area contributed by atoms with Gasteiger partial charge >= 0.3 is 0 Å². The molecule has 0 amide bonds. The zero-order chi connectivity index (χ0) is 9.15. The van der Waals surface area contributed by atoms with Gasteiger partial charge in [0.25, 0.3) is 0 Å². The van der Waals surface area contributed by atoms with E-state index in [4.69, 9.17) is 5.73 Å². The molecule has 0 saturated heterocycles. The lowest BCUT2D eigenvalue weighted by atomic mass is 9.85. The highest BCUT2D eigenvalue weighted by atomic mass is 14.9. The number of hydrogen-bond donors (Lipinski definition) is 1. The minimum atomic E-state index is 0.0846. The Morgan fingerprint density at radius 3 is 2.38 bits per heavy atom. The summed E-state index contributed by atoms with van der Waals surface area (Å²) in [6, 6.07) is 1.85. The van der Waals surface area contributed by atoms with Crippen LogP contribution in [0.25, 0.3) is 0 Å². The van der Waals surface area contributed by atoms with E-state index in [0.717, 1.165) is 18.7 Å². The number of hydrogen-bond acceptors (Lipinski definition) is 3. The van der Waals surface area contributed by atoms with E-state index >= 15 is 0 Å². The molecule has 1 aromatic rings. The molecule has 1 saturated carbocycles. The summed E-state index contributed by atoms with van der Waals surface area (Å²) in [6.07, 6.45) is 8.42. The van der Waals surface area contributed by atoms with Crippen LogP contribution in [0.2, 0.25) is 0 Å². The van der Waals surface area contributed by atoms with Crippen molar-refractivity contribution < 1.29 is 0 Å². The number of aromatic nitrogens is 2. The highest BCUT2D eigenvalue weighted by Gasteiger charge is 2.36. The third kappa shape index (κ3) is 1.44. The molecule has 2 rings (SSSR count). The molecular formula is C10H15N3. The molecule has 0 aromatic carbocycles. The van der Waals surface area contributed by atoms with Gasteiger partial charge in [-0.25, -0.2) is 9.97 Å². The van der Waals surface area contributed by atoms with Crippen molar-refractivity contribution in [2.24, 2.45) is 5.73 Å². The monoisotopic (exact) mass is 177 g/mol. The Kier molecular flexibility index (Phi) is 2.27. The zero-order valence-electron chi connectivity index (χ0n) is 7.74. The first-order valence-electron chi connectivity index (χ1n) is 4.85. The lowest BCUT2D eigenvalue weighted by Crippen LogP contribution is -2.33. The molecule has 3 nitrogen and oxygen atoms in total. The Labute approximate surface area is 78.4 Å². The van der Waals surface area contributed by atoms with E-state index in [1.54, 1.807) is 12.4 Å². The lowest BCUT2D eigenvalue weighted by Gasteiger charge is -2.24. The smallest absolute Gasteiger partial charge is 0.135 e. The molecule has 0 aliphatic heterocycles. The molecule has 0 atom stereocenters. The Balaban J connectivity index is 2.31. The summed E-state index contributed by atoms with van der Waals surface area (Å²) in [6.45, 7) is 0.678. The Bertz CT molecular complexity index is 265. The second kappa shape index (κ2) is 3.42. The van der Waals surface area contributed by atoms with E-state index in [9.17, 15) is 0 Å². The normalized spacial score (nSPS) is 20.4. The van der Waals surface area contributed by atoms with Crippen molar-refractivity contribution in [1.82, 2.24) is 9.97 Å². The van der Waals surface area contributed by atoms with Crippen LogP contribution in [-0.4, -0.2) is 16.5 Å². The molecule has 70 valence electrons. The average Bonchev–Trinajstić information content (AvgIpc) is 2.69. The summed E-state index contributed by atoms with van der Waals surface area (Å²) in [5.41, 5.74) is 5.91. The van der Waals surface area contributed by atoms with E-state index in [1.807, 2.05) is 6.07 Å². The molecule has 13 heavy (non-hydrogen) atoms. The molecule has 0 bridgehead atoms. The van der Waals surface area contributed by atoms with Crippen molar-refractivity contribution in [3.8, 4) is 0 Å². The molecule has 0 spiro atoms. The average molecular weight is 177 g/mol. The molecule has 1 aliphatic rings. The van der Waals surface area contributed by atoms with Gasteiger partial charge in [0.2, 0.25) is 0 Å². The fourth-order valence-corrected chi connectivity index (χ4v) is 2.14. The van der Waals surface area contributed by atoms with Crippen LogP contribution >= 0.6 is 0 Å². The van der Waals surface area contributed by atoms with Crippen molar-refractivity contribution in [3.63, 3.8) is 0 Å². The maximum Gasteiger partial charge on any atom is 0.135 e. The minimum Gasteiger partial charge on any atom is -0.329 e. The summed E-state index contributed by atoms with van der Waals surface area (Å²) in [7, 11) is 0. The van der Waals surface area contributed by atoms with Crippen LogP contribution in [0.3, 0.4) is 0 Å².